The fourth-order valence-electron chi connectivity index (χ4n) is 1.44. The maximum absolute atomic E-state index is 5.67. The molecule has 0 radical (unpaired) electrons. The van der Waals surface area contributed by atoms with E-state index in [-0.39, 0.29) is 0 Å². The Balaban J connectivity index is 2.47. The largest absolute Gasteiger partial charge is 0.477 e. The molecule has 0 unspecified atom stereocenters. The lowest BCUT2D eigenvalue weighted by molar-refractivity contribution is 0.285. The van der Waals surface area contributed by atoms with Crippen LogP contribution in [0.4, 0.5) is 5.95 Å². The summed E-state index contributed by atoms with van der Waals surface area (Å²) in [4.78, 5) is 8.52. The van der Waals surface area contributed by atoms with Crippen LogP contribution in [-0.4, -0.2) is 23.1 Å². The molecule has 1 aromatic rings. The van der Waals surface area contributed by atoms with Crippen molar-refractivity contribution in [3.63, 3.8) is 0 Å². The van der Waals surface area contributed by atoms with Gasteiger partial charge >= 0.3 is 0 Å². The molecule has 0 saturated carbocycles. The summed E-state index contributed by atoms with van der Waals surface area (Å²) in [5.41, 5.74) is 0. The molecule has 1 rings (SSSR count). The summed E-state index contributed by atoms with van der Waals surface area (Å²) in [5.74, 6) is 1.95. The van der Waals surface area contributed by atoms with Crippen molar-refractivity contribution in [1.82, 2.24) is 9.97 Å². The quantitative estimate of drug-likeness (QED) is 0.740. The van der Waals surface area contributed by atoms with E-state index in [0.29, 0.717) is 24.4 Å². The van der Waals surface area contributed by atoms with Crippen molar-refractivity contribution < 1.29 is 4.74 Å². The molecule has 0 bridgehead atoms. The molecule has 1 N–H and O–H groups in total. The van der Waals surface area contributed by atoms with Gasteiger partial charge in [-0.15, -0.1) is 0 Å². The normalized spacial score (nSPS) is 10.7. The van der Waals surface area contributed by atoms with E-state index in [1.165, 1.54) is 6.42 Å². The van der Waals surface area contributed by atoms with Crippen molar-refractivity contribution in [1.29, 1.82) is 0 Å². The number of rotatable bonds is 8. The maximum atomic E-state index is 5.67. The molecule has 1 aromatic heterocycles. The molecule has 5 heteroatoms. The molecule has 0 aliphatic rings. The minimum absolute atomic E-state index is 0.618. The Morgan fingerprint density at radius 2 is 2.22 bits per heavy atom. The predicted octanol–water partition coefficient (Wildman–Crippen LogP) is 3.88. The van der Waals surface area contributed by atoms with Gasteiger partial charge in [-0.2, -0.15) is 4.98 Å². The van der Waals surface area contributed by atoms with Crippen LogP contribution < -0.4 is 10.1 Å². The fraction of sp³-hybridized carbons (Fsp3) is 0.692. The zero-order valence-corrected chi connectivity index (χ0v) is 13.0. The van der Waals surface area contributed by atoms with Gasteiger partial charge in [-0.05, 0) is 41.1 Å². The van der Waals surface area contributed by atoms with Gasteiger partial charge in [0.05, 0.1) is 17.3 Å². The second-order valence-electron chi connectivity index (χ2n) is 4.66. The van der Waals surface area contributed by atoms with Gasteiger partial charge in [0.2, 0.25) is 11.8 Å². The molecule has 1 heterocycles. The molecule has 0 spiro atoms. The van der Waals surface area contributed by atoms with Gasteiger partial charge < -0.3 is 10.1 Å². The summed E-state index contributed by atoms with van der Waals surface area (Å²) in [6.07, 6.45) is 4.99. The van der Waals surface area contributed by atoms with Gasteiger partial charge in [-0.1, -0.05) is 20.8 Å². The number of nitrogens with one attached hydrogen (secondary N) is 1. The van der Waals surface area contributed by atoms with E-state index in [1.807, 2.05) is 0 Å². The first-order valence-corrected chi connectivity index (χ1v) is 7.32. The summed E-state index contributed by atoms with van der Waals surface area (Å²) < 4.78 is 6.47. The van der Waals surface area contributed by atoms with Gasteiger partial charge in [0.15, 0.2) is 0 Å². The van der Waals surface area contributed by atoms with Crippen LogP contribution in [0.2, 0.25) is 0 Å². The number of halogens is 1. The lowest BCUT2D eigenvalue weighted by atomic mass is 10.1. The number of hydrogen-bond acceptors (Lipinski definition) is 4. The van der Waals surface area contributed by atoms with E-state index in [1.54, 1.807) is 6.20 Å². The van der Waals surface area contributed by atoms with Gasteiger partial charge in [0.25, 0.3) is 0 Å². The molecule has 0 aliphatic heterocycles. The van der Waals surface area contributed by atoms with E-state index in [2.05, 4.69) is 52.0 Å². The van der Waals surface area contributed by atoms with Gasteiger partial charge in [0, 0.05) is 6.54 Å². The topological polar surface area (TPSA) is 47.0 Å². The third kappa shape index (κ3) is 5.67. The van der Waals surface area contributed by atoms with Crippen LogP contribution in [0.3, 0.4) is 0 Å². The van der Waals surface area contributed by atoms with Crippen molar-refractivity contribution in [2.75, 3.05) is 18.5 Å². The highest BCUT2D eigenvalue weighted by atomic mass is 79.9. The molecule has 0 amide bonds. The Morgan fingerprint density at radius 3 is 2.89 bits per heavy atom. The zero-order valence-electron chi connectivity index (χ0n) is 11.4. The van der Waals surface area contributed by atoms with Crippen molar-refractivity contribution in [2.45, 2.75) is 40.0 Å². The number of ether oxygens (including phenoxy) is 1. The van der Waals surface area contributed by atoms with Gasteiger partial charge in [-0.25, -0.2) is 4.98 Å². The number of aromatic nitrogens is 2. The van der Waals surface area contributed by atoms with Crippen molar-refractivity contribution >= 4 is 21.9 Å². The Bertz CT molecular complexity index is 358. The second kappa shape index (κ2) is 8.29. The van der Waals surface area contributed by atoms with Crippen molar-refractivity contribution in [3.05, 3.63) is 10.7 Å². The molecule has 0 fully saturated rings. The summed E-state index contributed by atoms with van der Waals surface area (Å²) >= 11 is 3.40. The maximum Gasteiger partial charge on any atom is 0.232 e. The Hall–Kier alpha value is -0.840. The molecule has 0 aliphatic carbocycles. The van der Waals surface area contributed by atoms with E-state index < -0.39 is 0 Å². The first-order valence-electron chi connectivity index (χ1n) is 6.52. The zero-order chi connectivity index (χ0) is 13.4. The molecular formula is C13H22BrN3O. The lowest BCUT2D eigenvalue weighted by Crippen LogP contribution is -2.07. The van der Waals surface area contributed by atoms with Crippen molar-refractivity contribution in [3.8, 4) is 5.88 Å². The molecular weight excluding hydrogens is 294 g/mol. The summed E-state index contributed by atoms with van der Waals surface area (Å²) in [6, 6.07) is 0. The van der Waals surface area contributed by atoms with Crippen LogP contribution in [0.25, 0.3) is 0 Å². The SMILES string of the molecule is CCCNc1ncc(Br)c(OCCCC(C)C)n1. The summed E-state index contributed by atoms with van der Waals surface area (Å²) in [6.45, 7) is 8.10. The molecule has 0 saturated heterocycles. The van der Waals surface area contributed by atoms with Crippen LogP contribution in [0.5, 0.6) is 5.88 Å². The average Bonchev–Trinajstić information content (AvgIpc) is 2.34. The lowest BCUT2D eigenvalue weighted by Gasteiger charge is -2.10. The first kappa shape index (κ1) is 15.2. The molecule has 18 heavy (non-hydrogen) atoms. The van der Waals surface area contributed by atoms with Crippen LogP contribution in [0.15, 0.2) is 10.7 Å². The Morgan fingerprint density at radius 1 is 1.44 bits per heavy atom. The summed E-state index contributed by atoms with van der Waals surface area (Å²) in [5, 5.41) is 3.15. The van der Waals surface area contributed by atoms with Gasteiger partial charge in [0.1, 0.15) is 0 Å². The standard InChI is InChI=1S/C13H22BrN3O/c1-4-7-15-13-16-9-11(14)12(17-13)18-8-5-6-10(2)3/h9-10H,4-8H2,1-3H3,(H,15,16,17). The third-order valence-corrected chi connectivity index (χ3v) is 2.95. The first-order chi connectivity index (χ1) is 8.63. The number of hydrogen-bond donors (Lipinski definition) is 1. The van der Waals surface area contributed by atoms with Crippen LogP contribution in [0, 0.1) is 5.92 Å². The number of anilines is 1. The molecule has 0 aromatic carbocycles. The van der Waals surface area contributed by atoms with E-state index in [9.17, 15) is 0 Å². The van der Waals surface area contributed by atoms with Crippen LogP contribution in [-0.2, 0) is 0 Å². The molecule has 4 nitrogen and oxygen atoms in total. The fourth-order valence-corrected chi connectivity index (χ4v) is 1.74. The Labute approximate surface area is 118 Å². The molecule has 102 valence electrons. The Kier molecular flexibility index (Phi) is 7.01. The predicted molar refractivity (Wildman–Crippen MR) is 78.1 cm³/mol. The van der Waals surface area contributed by atoms with Gasteiger partial charge in [-0.3, -0.25) is 0 Å². The van der Waals surface area contributed by atoms with Crippen LogP contribution >= 0.6 is 15.9 Å². The van der Waals surface area contributed by atoms with Crippen LogP contribution in [0.1, 0.15) is 40.0 Å². The summed E-state index contributed by atoms with van der Waals surface area (Å²) in [7, 11) is 0. The highest BCUT2D eigenvalue weighted by Gasteiger charge is 2.06. The second-order valence-corrected chi connectivity index (χ2v) is 5.51. The monoisotopic (exact) mass is 315 g/mol. The van der Waals surface area contributed by atoms with E-state index in [4.69, 9.17) is 4.74 Å². The van der Waals surface area contributed by atoms with E-state index >= 15 is 0 Å². The van der Waals surface area contributed by atoms with E-state index in [0.717, 1.165) is 23.9 Å². The molecule has 0 atom stereocenters. The highest BCUT2D eigenvalue weighted by molar-refractivity contribution is 9.10. The van der Waals surface area contributed by atoms with Crippen molar-refractivity contribution in [2.24, 2.45) is 5.92 Å². The minimum Gasteiger partial charge on any atom is -0.477 e. The number of nitrogens with zero attached hydrogens (tertiary/aromatic N) is 2. The average molecular weight is 316 g/mol. The third-order valence-electron chi connectivity index (χ3n) is 2.41. The minimum atomic E-state index is 0.618. The smallest absolute Gasteiger partial charge is 0.232 e. The highest BCUT2D eigenvalue weighted by Crippen LogP contribution is 2.22.